The van der Waals surface area contributed by atoms with E-state index >= 15 is 0 Å². The fourth-order valence-electron chi connectivity index (χ4n) is 4.64. The summed E-state index contributed by atoms with van der Waals surface area (Å²) in [4.78, 5) is 38.0. The van der Waals surface area contributed by atoms with Crippen LogP contribution in [-0.4, -0.2) is 25.0 Å². The van der Waals surface area contributed by atoms with Crippen LogP contribution in [0.25, 0.3) is 22.1 Å². The minimum atomic E-state index is -1.01. The number of primary amides is 1. The molecule has 0 saturated carbocycles. The molecular formula is C27H22N2O5. The highest BCUT2D eigenvalue weighted by Crippen LogP contribution is 2.44. The predicted octanol–water partition coefficient (Wildman–Crippen LogP) is 3.13. The Balaban J connectivity index is 1.48. The molecule has 0 unspecified atom stereocenters. The molecule has 7 nitrogen and oxygen atoms in total. The Kier molecular flexibility index (Phi) is 5.37. The van der Waals surface area contributed by atoms with Gasteiger partial charge in [0.25, 0.3) is 0 Å². The SMILES string of the molecule is COc1ccc2c(C[C@H](NC(=O)C3c4ccccc4-c4ccccc43)C(N)=O)cc(=O)oc2c1. The first-order valence-corrected chi connectivity index (χ1v) is 10.8. The average Bonchev–Trinajstić information content (AvgIpc) is 3.17. The molecule has 0 aliphatic heterocycles. The lowest BCUT2D eigenvalue weighted by molar-refractivity contribution is -0.127. The van der Waals surface area contributed by atoms with Gasteiger partial charge < -0.3 is 20.2 Å². The van der Waals surface area contributed by atoms with Crippen LogP contribution in [0.5, 0.6) is 5.75 Å². The molecule has 4 aromatic rings. The van der Waals surface area contributed by atoms with Gasteiger partial charge in [-0.2, -0.15) is 0 Å². The molecule has 0 radical (unpaired) electrons. The first-order valence-electron chi connectivity index (χ1n) is 10.8. The summed E-state index contributed by atoms with van der Waals surface area (Å²) in [7, 11) is 1.51. The van der Waals surface area contributed by atoms with Crippen LogP contribution in [0.2, 0.25) is 0 Å². The molecule has 1 aliphatic carbocycles. The summed E-state index contributed by atoms with van der Waals surface area (Å²) in [6.45, 7) is 0. The highest BCUT2D eigenvalue weighted by molar-refractivity contribution is 5.98. The fourth-order valence-corrected chi connectivity index (χ4v) is 4.64. The second-order valence-electron chi connectivity index (χ2n) is 8.23. The minimum Gasteiger partial charge on any atom is -0.497 e. The lowest BCUT2D eigenvalue weighted by Crippen LogP contribution is -2.47. The lowest BCUT2D eigenvalue weighted by atomic mass is 9.95. The Morgan fingerprint density at radius 1 is 1.00 bits per heavy atom. The van der Waals surface area contributed by atoms with Crippen molar-refractivity contribution in [1.29, 1.82) is 0 Å². The molecule has 1 heterocycles. The van der Waals surface area contributed by atoms with E-state index < -0.39 is 23.5 Å². The van der Waals surface area contributed by atoms with Crippen LogP contribution in [0.15, 0.2) is 82.0 Å². The summed E-state index contributed by atoms with van der Waals surface area (Å²) in [5, 5.41) is 3.46. The number of nitrogens with one attached hydrogen (secondary N) is 1. The third-order valence-electron chi connectivity index (χ3n) is 6.22. The second kappa shape index (κ2) is 8.51. The number of nitrogens with two attached hydrogens (primary N) is 1. The predicted molar refractivity (Wildman–Crippen MR) is 128 cm³/mol. The molecule has 0 bridgehead atoms. The molecule has 1 atom stereocenters. The van der Waals surface area contributed by atoms with Gasteiger partial charge in [0.2, 0.25) is 11.8 Å². The van der Waals surface area contributed by atoms with Crippen LogP contribution in [0.3, 0.4) is 0 Å². The molecule has 3 N–H and O–H groups in total. The zero-order valence-corrected chi connectivity index (χ0v) is 18.4. The summed E-state index contributed by atoms with van der Waals surface area (Å²) in [5.41, 5.74) is 9.73. The van der Waals surface area contributed by atoms with Gasteiger partial charge in [0.05, 0.1) is 13.0 Å². The standard InChI is InChI=1S/C27H22N2O5/c1-33-16-10-11-17-15(13-24(30)34-23(17)14-16)12-22(26(28)31)29-27(32)25-20-8-4-2-6-18(20)19-7-3-5-9-21(19)25/h2-11,13-14,22,25H,12H2,1H3,(H2,28,31)(H,29,32)/t22-/m0/s1. The Morgan fingerprint density at radius 3 is 2.26 bits per heavy atom. The van der Waals surface area contributed by atoms with Crippen LogP contribution in [0.4, 0.5) is 0 Å². The van der Waals surface area contributed by atoms with Crippen LogP contribution < -0.4 is 21.4 Å². The van der Waals surface area contributed by atoms with Crippen LogP contribution >= 0.6 is 0 Å². The van der Waals surface area contributed by atoms with E-state index in [-0.39, 0.29) is 12.3 Å². The zero-order valence-electron chi connectivity index (χ0n) is 18.4. The highest BCUT2D eigenvalue weighted by atomic mass is 16.5. The number of hydrogen-bond acceptors (Lipinski definition) is 5. The molecule has 2 amide bonds. The minimum absolute atomic E-state index is 0.0471. The van der Waals surface area contributed by atoms with E-state index in [9.17, 15) is 14.4 Å². The van der Waals surface area contributed by atoms with E-state index in [1.165, 1.54) is 13.2 Å². The maximum Gasteiger partial charge on any atom is 0.336 e. The van der Waals surface area contributed by atoms with Crippen molar-refractivity contribution in [2.24, 2.45) is 5.73 Å². The van der Waals surface area contributed by atoms with Gasteiger partial charge >= 0.3 is 5.63 Å². The normalized spacial score (nSPS) is 13.2. The molecule has 170 valence electrons. The molecular weight excluding hydrogens is 432 g/mol. The maximum absolute atomic E-state index is 13.5. The summed E-state index contributed by atoms with van der Waals surface area (Å²) >= 11 is 0. The molecule has 0 fully saturated rings. The number of ether oxygens (including phenoxy) is 1. The van der Waals surface area contributed by atoms with Crippen molar-refractivity contribution in [3.05, 3.63) is 99.9 Å². The molecule has 3 aromatic carbocycles. The molecule has 5 rings (SSSR count). The molecule has 7 heteroatoms. The summed E-state index contributed by atoms with van der Waals surface area (Å²) < 4.78 is 10.5. The molecule has 0 spiro atoms. The van der Waals surface area contributed by atoms with Gasteiger partial charge in [-0.25, -0.2) is 4.79 Å². The summed E-state index contributed by atoms with van der Waals surface area (Å²) in [5.74, 6) is -1.04. The van der Waals surface area contributed by atoms with Crippen molar-refractivity contribution in [3.63, 3.8) is 0 Å². The van der Waals surface area contributed by atoms with Crippen molar-refractivity contribution < 1.29 is 18.7 Å². The second-order valence-corrected chi connectivity index (χ2v) is 8.23. The van der Waals surface area contributed by atoms with Gasteiger partial charge in [-0.15, -0.1) is 0 Å². The third-order valence-corrected chi connectivity index (χ3v) is 6.22. The van der Waals surface area contributed by atoms with E-state index in [2.05, 4.69) is 5.32 Å². The maximum atomic E-state index is 13.5. The highest BCUT2D eigenvalue weighted by Gasteiger charge is 2.35. The topological polar surface area (TPSA) is 112 Å². The van der Waals surface area contributed by atoms with Crippen molar-refractivity contribution in [3.8, 4) is 16.9 Å². The summed E-state index contributed by atoms with van der Waals surface area (Å²) in [6, 6.07) is 20.8. The van der Waals surface area contributed by atoms with Gasteiger partial charge in [-0.05, 0) is 39.9 Å². The van der Waals surface area contributed by atoms with Gasteiger partial charge in [0.1, 0.15) is 17.4 Å². The first-order chi connectivity index (χ1) is 16.5. The van der Waals surface area contributed by atoms with Crippen LogP contribution in [0.1, 0.15) is 22.6 Å². The third kappa shape index (κ3) is 3.71. The van der Waals surface area contributed by atoms with E-state index in [1.54, 1.807) is 18.2 Å². The monoisotopic (exact) mass is 454 g/mol. The van der Waals surface area contributed by atoms with Crippen molar-refractivity contribution in [2.75, 3.05) is 7.11 Å². The largest absolute Gasteiger partial charge is 0.497 e. The van der Waals surface area contributed by atoms with Crippen molar-refractivity contribution in [1.82, 2.24) is 5.32 Å². The quantitative estimate of drug-likeness (QED) is 0.435. The van der Waals surface area contributed by atoms with Gasteiger partial charge in [0.15, 0.2) is 0 Å². The fraction of sp³-hybridized carbons (Fsp3) is 0.148. The number of hydrogen-bond donors (Lipinski definition) is 2. The van der Waals surface area contributed by atoms with E-state index in [4.69, 9.17) is 14.9 Å². The number of carbonyl (C=O) groups excluding carboxylic acids is 2. The zero-order chi connectivity index (χ0) is 23.8. The number of benzene rings is 3. The molecule has 0 saturated heterocycles. The summed E-state index contributed by atoms with van der Waals surface area (Å²) in [6.07, 6.45) is 0.0471. The van der Waals surface area contributed by atoms with E-state index in [1.807, 2.05) is 48.5 Å². The molecule has 1 aromatic heterocycles. The number of carbonyl (C=O) groups is 2. The smallest absolute Gasteiger partial charge is 0.336 e. The molecule has 34 heavy (non-hydrogen) atoms. The Bertz CT molecular complexity index is 1440. The van der Waals surface area contributed by atoms with Crippen molar-refractivity contribution >= 4 is 22.8 Å². The number of methoxy groups -OCH3 is 1. The van der Waals surface area contributed by atoms with Crippen LogP contribution in [0, 0.1) is 0 Å². The number of fused-ring (bicyclic) bond motifs is 4. The average molecular weight is 454 g/mol. The first kappa shape index (κ1) is 21.5. The van der Waals surface area contributed by atoms with Crippen LogP contribution in [-0.2, 0) is 16.0 Å². The van der Waals surface area contributed by atoms with Gasteiger partial charge in [0, 0.05) is 23.9 Å². The Morgan fingerprint density at radius 2 is 1.65 bits per heavy atom. The van der Waals surface area contributed by atoms with Gasteiger partial charge in [-0.1, -0.05) is 48.5 Å². The van der Waals surface area contributed by atoms with E-state index in [0.717, 1.165) is 22.3 Å². The molecule has 1 aliphatic rings. The number of amides is 2. The van der Waals surface area contributed by atoms with E-state index in [0.29, 0.717) is 22.3 Å². The lowest BCUT2D eigenvalue weighted by Gasteiger charge is -2.20. The number of rotatable bonds is 6. The van der Waals surface area contributed by atoms with Gasteiger partial charge in [-0.3, -0.25) is 9.59 Å². The Labute approximate surface area is 195 Å². The Hall–Kier alpha value is -4.39. The van der Waals surface area contributed by atoms with Crippen molar-refractivity contribution in [2.45, 2.75) is 18.4 Å².